The molecule has 1 fully saturated rings. The summed E-state index contributed by atoms with van der Waals surface area (Å²) < 4.78 is 6.34. The number of aromatic nitrogens is 2. The highest BCUT2D eigenvalue weighted by Gasteiger charge is 2.35. The number of aromatic amines is 1. The molecule has 4 heterocycles. The maximum Gasteiger partial charge on any atom is 0.253 e. The van der Waals surface area contributed by atoms with Crippen LogP contribution in [0.15, 0.2) is 54.0 Å². The van der Waals surface area contributed by atoms with Crippen LogP contribution in [0.2, 0.25) is 0 Å². The van der Waals surface area contributed by atoms with Gasteiger partial charge >= 0.3 is 0 Å². The monoisotopic (exact) mass is 499 g/mol. The van der Waals surface area contributed by atoms with E-state index in [1.165, 1.54) is 0 Å². The lowest BCUT2D eigenvalue weighted by Crippen LogP contribution is -2.43. The molecule has 2 aliphatic rings. The van der Waals surface area contributed by atoms with E-state index >= 15 is 0 Å². The maximum atomic E-state index is 13.3. The molecule has 1 atom stereocenters. The van der Waals surface area contributed by atoms with Gasteiger partial charge in [0, 0.05) is 73.3 Å². The second-order valence-electron chi connectivity index (χ2n) is 10.1. The molecular formula is C29H33N5O3. The summed E-state index contributed by atoms with van der Waals surface area (Å²) in [5.41, 5.74) is 4.62. The average Bonchev–Trinajstić information content (AvgIpc) is 3.25. The van der Waals surface area contributed by atoms with Gasteiger partial charge in [-0.1, -0.05) is 6.58 Å². The zero-order valence-corrected chi connectivity index (χ0v) is 21.6. The molecule has 0 aliphatic carbocycles. The number of carbonyl (C=O) groups is 1. The van der Waals surface area contributed by atoms with E-state index in [2.05, 4.69) is 27.1 Å². The zero-order chi connectivity index (χ0) is 26.2. The Hall–Kier alpha value is -3.91. The van der Waals surface area contributed by atoms with Gasteiger partial charge in [-0.15, -0.1) is 0 Å². The van der Waals surface area contributed by atoms with E-state index in [0.717, 1.165) is 65.7 Å². The number of rotatable bonds is 6. The second kappa shape index (κ2) is 9.86. The number of carbonyl (C=O) groups excluding carboxylic acids is 1. The Labute approximate surface area is 216 Å². The summed E-state index contributed by atoms with van der Waals surface area (Å²) >= 11 is 0. The van der Waals surface area contributed by atoms with Gasteiger partial charge in [0.25, 0.3) is 11.5 Å². The molecule has 1 amide bonds. The molecule has 0 saturated carbocycles. The molecule has 0 radical (unpaired) electrons. The summed E-state index contributed by atoms with van der Waals surface area (Å²) in [6.07, 6.45) is 4.26. The van der Waals surface area contributed by atoms with Gasteiger partial charge in [0.15, 0.2) is 0 Å². The number of hydrogen-bond acceptors (Lipinski definition) is 6. The lowest BCUT2D eigenvalue weighted by Gasteiger charge is -2.28. The van der Waals surface area contributed by atoms with E-state index in [-0.39, 0.29) is 18.0 Å². The van der Waals surface area contributed by atoms with E-state index in [1.807, 2.05) is 57.3 Å². The van der Waals surface area contributed by atoms with Gasteiger partial charge in [0.05, 0.1) is 0 Å². The summed E-state index contributed by atoms with van der Waals surface area (Å²) in [7, 11) is 0. The van der Waals surface area contributed by atoms with E-state index in [4.69, 9.17) is 9.72 Å². The Morgan fingerprint density at radius 3 is 2.70 bits per heavy atom. The maximum absolute atomic E-state index is 13.3. The lowest BCUT2D eigenvalue weighted by molar-refractivity contribution is 0.0950. The number of hydrogen-bond donors (Lipinski definition) is 3. The Morgan fingerprint density at radius 1 is 1.24 bits per heavy atom. The minimum absolute atomic E-state index is 0.147. The molecule has 0 bridgehead atoms. The Balaban J connectivity index is 1.46. The SMILES string of the molecule is C=CC1(C)Cc2cc(C(=O)NCc3c(C)cc(C)[nH]c3=O)cc(-c3ccc(N4CCNCC4)nc3)c2O1. The van der Waals surface area contributed by atoms with Crippen LogP contribution in [0.4, 0.5) is 5.82 Å². The van der Waals surface area contributed by atoms with Crippen molar-refractivity contribution in [1.82, 2.24) is 20.6 Å². The molecule has 8 heteroatoms. The highest BCUT2D eigenvalue weighted by molar-refractivity contribution is 5.96. The van der Waals surface area contributed by atoms with Crippen molar-refractivity contribution in [2.45, 2.75) is 39.3 Å². The number of ether oxygens (including phenoxy) is 1. The molecule has 8 nitrogen and oxygen atoms in total. The van der Waals surface area contributed by atoms with Gasteiger partial charge < -0.3 is 25.3 Å². The lowest BCUT2D eigenvalue weighted by atomic mass is 9.94. The topological polar surface area (TPSA) is 99.4 Å². The molecule has 37 heavy (non-hydrogen) atoms. The zero-order valence-electron chi connectivity index (χ0n) is 21.6. The number of benzene rings is 1. The fraction of sp³-hybridized carbons (Fsp3) is 0.345. The Kier molecular flexibility index (Phi) is 6.60. The van der Waals surface area contributed by atoms with Crippen LogP contribution in [0.1, 0.15) is 39.7 Å². The molecule has 2 aromatic heterocycles. The molecule has 0 spiro atoms. The van der Waals surface area contributed by atoms with Crippen LogP contribution in [0, 0.1) is 13.8 Å². The summed E-state index contributed by atoms with van der Waals surface area (Å²) in [6, 6.07) is 9.67. The fourth-order valence-electron chi connectivity index (χ4n) is 5.05. The van der Waals surface area contributed by atoms with Crippen LogP contribution in [-0.2, 0) is 13.0 Å². The first-order valence-corrected chi connectivity index (χ1v) is 12.7. The minimum atomic E-state index is -0.549. The molecule has 3 aromatic rings. The molecule has 3 N–H and O–H groups in total. The molecule has 1 aromatic carbocycles. The predicted molar refractivity (Wildman–Crippen MR) is 145 cm³/mol. The number of fused-ring (bicyclic) bond motifs is 1. The van der Waals surface area contributed by atoms with Gasteiger partial charge in [-0.25, -0.2) is 4.98 Å². The Bertz CT molecular complexity index is 1410. The fourth-order valence-corrected chi connectivity index (χ4v) is 5.05. The Morgan fingerprint density at radius 2 is 2.03 bits per heavy atom. The third-order valence-corrected chi connectivity index (χ3v) is 7.16. The van der Waals surface area contributed by atoms with Crippen molar-refractivity contribution in [3.05, 3.63) is 87.5 Å². The van der Waals surface area contributed by atoms with Crippen molar-refractivity contribution in [3.8, 4) is 16.9 Å². The van der Waals surface area contributed by atoms with Crippen LogP contribution in [0.25, 0.3) is 11.1 Å². The number of nitrogens with zero attached hydrogens (tertiary/aromatic N) is 2. The molecule has 2 aliphatic heterocycles. The summed E-state index contributed by atoms with van der Waals surface area (Å²) in [4.78, 5) is 35.5. The van der Waals surface area contributed by atoms with Gasteiger partial charge in [-0.3, -0.25) is 9.59 Å². The number of amides is 1. The number of aryl methyl sites for hydroxylation is 2. The standard InChI is InChI=1S/C29H33N5O3/c1-5-29(4)15-22-13-21(27(35)32-17-24-18(2)12-19(3)33-28(24)36)14-23(26(22)37-29)20-6-7-25(31-16-20)34-10-8-30-9-11-34/h5-7,12-14,16,30H,1,8-11,15,17H2,2-4H3,(H,32,35)(H,33,36). The van der Waals surface area contributed by atoms with Gasteiger partial charge in [-0.2, -0.15) is 0 Å². The van der Waals surface area contributed by atoms with Crippen molar-refractivity contribution in [2.24, 2.45) is 0 Å². The number of nitrogens with one attached hydrogen (secondary N) is 3. The molecule has 1 saturated heterocycles. The van der Waals surface area contributed by atoms with Gasteiger partial charge in [0.2, 0.25) is 0 Å². The number of H-pyrrole nitrogens is 1. The van der Waals surface area contributed by atoms with Crippen molar-refractivity contribution >= 4 is 11.7 Å². The van der Waals surface area contributed by atoms with Crippen molar-refractivity contribution in [3.63, 3.8) is 0 Å². The second-order valence-corrected chi connectivity index (χ2v) is 10.1. The largest absolute Gasteiger partial charge is 0.482 e. The summed E-state index contributed by atoms with van der Waals surface area (Å²) in [5.74, 6) is 1.44. The minimum Gasteiger partial charge on any atom is -0.482 e. The van der Waals surface area contributed by atoms with Crippen LogP contribution in [0.3, 0.4) is 0 Å². The van der Waals surface area contributed by atoms with Crippen LogP contribution in [-0.4, -0.2) is 47.7 Å². The van der Waals surface area contributed by atoms with Crippen LogP contribution in [0.5, 0.6) is 5.75 Å². The first kappa shape index (κ1) is 24.8. The normalized spacial score (nSPS) is 18.7. The van der Waals surface area contributed by atoms with E-state index in [0.29, 0.717) is 17.5 Å². The number of piperazine rings is 1. The third-order valence-electron chi connectivity index (χ3n) is 7.16. The van der Waals surface area contributed by atoms with Gasteiger partial charge in [0.1, 0.15) is 17.2 Å². The van der Waals surface area contributed by atoms with Crippen molar-refractivity contribution in [1.29, 1.82) is 0 Å². The van der Waals surface area contributed by atoms with Gasteiger partial charge in [-0.05, 0) is 68.3 Å². The highest BCUT2D eigenvalue weighted by atomic mass is 16.5. The average molecular weight is 500 g/mol. The third kappa shape index (κ3) is 5.02. The predicted octanol–water partition coefficient (Wildman–Crippen LogP) is 3.27. The number of anilines is 1. The van der Waals surface area contributed by atoms with Crippen LogP contribution < -0.4 is 25.8 Å². The molecular weight excluding hydrogens is 466 g/mol. The number of pyridine rings is 2. The first-order chi connectivity index (χ1) is 17.8. The van der Waals surface area contributed by atoms with Crippen LogP contribution >= 0.6 is 0 Å². The smallest absolute Gasteiger partial charge is 0.253 e. The quantitative estimate of drug-likeness (QED) is 0.450. The molecule has 1 unspecified atom stereocenters. The van der Waals surface area contributed by atoms with Crippen molar-refractivity contribution in [2.75, 3.05) is 31.1 Å². The van der Waals surface area contributed by atoms with E-state index in [1.54, 1.807) is 6.08 Å². The molecule has 192 valence electrons. The van der Waals surface area contributed by atoms with Crippen molar-refractivity contribution < 1.29 is 9.53 Å². The first-order valence-electron chi connectivity index (χ1n) is 12.7. The molecule has 5 rings (SSSR count). The highest BCUT2D eigenvalue weighted by Crippen LogP contribution is 2.43. The summed E-state index contributed by atoms with van der Waals surface area (Å²) in [6.45, 7) is 13.5. The summed E-state index contributed by atoms with van der Waals surface area (Å²) in [5, 5.41) is 6.28. The van der Waals surface area contributed by atoms with E-state index < -0.39 is 5.60 Å². The van der Waals surface area contributed by atoms with E-state index in [9.17, 15) is 9.59 Å².